The molecule has 96 valence electrons. The monoisotopic (exact) mass is 226 g/mol. The summed E-state index contributed by atoms with van der Waals surface area (Å²) in [6, 6.07) is 0.675. The van der Waals surface area contributed by atoms with E-state index in [2.05, 4.69) is 37.6 Å². The van der Waals surface area contributed by atoms with Gasteiger partial charge in [0, 0.05) is 19.1 Å². The molecule has 1 N–H and O–H groups in total. The number of nitrogens with zero attached hydrogens (tertiary/aromatic N) is 1. The molecular formula is C14H30N2. The maximum Gasteiger partial charge on any atom is 0.0223 e. The van der Waals surface area contributed by atoms with Crippen LogP contribution >= 0.6 is 0 Å². The van der Waals surface area contributed by atoms with Gasteiger partial charge in [0.25, 0.3) is 0 Å². The lowest BCUT2D eigenvalue weighted by Crippen LogP contribution is -2.43. The maximum atomic E-state index is 3.86. The molecule has 0 aliphatic carbocycles. The van der Waals surface area contributed by atoms with Crippen molar-refractivity contribution in [2.75, 3.05) is 26.2 Å². The van der Waals surface area contributed by atoms with Crippen molar-refractivity contribution in [2.24, 2.45) is 0 Å². The van der Waals surface area contributed by atoms with E-state index in [0.29, 0.717) is 6.04 Å². The van der Waals surface area contributed by atoms with E-state index >= 15 is 0 Å². The Bertz CT molecular complexity index is 157. The van der Waals surface area contributed by atoms with Crippen LogP contribution in [0.1, 0.15) is 46.5 Å². The minimum Gasteiger partial charge on any atom is -0.315 e. The van der Waals surface area contributed by atoms with Gasteiger partial charge in [-0.3, -0.25) is 4.90 Å². The van der Waals surface area contributed by atoms with Crippen LogP contribution in [0.4, 0.5) is 0 Å². The Morgan fingerprint density at radius 3 is 2.44 bits per heavy atom. The third-order valence-corrected chi connectivity index (χ3v) is 2.82. The van der Waals surface area contributed by atoms with E-state index < -0.39 is 0 Å². The first-order valence-electron chi connectivity index (χ1n) is 6.85. The predicted octanol–water partition coefficient (Wildman–Crippen LogP) is 3.05. The van der Waals surface area contributed by atoms with Crippen LogP contribution in [0.2, 0.25) is 0 Å². The lowest BCUT2D eigenvalue weighted by atomic mass is 10.1. The molecule has 16 heavy (non-hydrogen) atoms. The summed E-state index contributed by atoms with van der Waals surface area (Å²) in [4.78, 5) is 2.55. The second-order valence-electron chi connectivity index (χ2n) is 4.43. The van der Waals surface area contributed by atoms with Crippen molar-refractivity contribution in [3.8, 4) is 0 Å². The molecule has 0 aromatic rings. The van der Waals surface area contributed by atoms with Gasteiger partial charge in [-0.2, -0.15) is 0 Å². The second-order valence-corrected chi connectivity index (χ2v) is 4.43. The highest BCUT2D eigenvalue weighted by Crippen LogP contribution is 2.07. The van der Waals surface area contributed by atoms with Crippen LogP contribution in [0.3, 0.4) is 0 Å². The quantitative estimate of drug-likeness (QED) is 0.430. The molecule has 0 aliphatic heterocycles. The first-order valence-corrected chi connectivity index (χ1v) is 6.85. The molecule has 0 saturated carbocycles. The summed E-state index contributed by atoms with van der Waals surface area (Å²) in [5, 5.41) is 3.54. The van der Waals surface area contributed by atoms with Gasteiger partial charge in [-0.25, -0.2) is 0 Å². The number of rotatable bonds is 11. The van der Waals surface area contributed by atoms with Gasteiger partial charge in [0.05, 0.1) is 0 Å². The summed E-state index contributed by atoms with van der Waals surface area (Å²) in [7, 11) is 0. The summed E-state index contributed by atoms with van der Waals surface area (Å²) >= 11 is 0. The summed E-state index contributed by atoms with van der Waals surface area (Å²) in [6.45, 7) is 15.1. The van der Waals surface area contributed by atoms with E-state index in [9.17, 15) is 0 Å². The lowest BCUT2D eigenvalue weighted by molar-refractivity contribution is 0.200. The van der Waals surface area contributed by atoms with Crippen molar-refractivity contribution >= 4 is 0 Å². The molecule has 0 heterocycles. The minimum atomic E-state index is 0.675. The van der Waals surface area contributed by atoms with Crippen molar-refractivity contribution < 1.29 is 0 Å². The van der Waals surface area contributed by atoms with Crippen molar-refractivity contribution in [1.82, 2.24) is 10.2 Å². The number of hydrogen-bond acceptors (Lipinski definition) is 2. The van der Waals surface area contributed by atoms with Gasteiger partial charge in [0.1, 0.15) is 0 Å². The molecule has 0 rings (SSSR count). The standard InChI is InChI=1S/C14H30N2/c1-5-9-14(13-15-10-6-2)16(11-7-3)12-8-4/h7,14-15H,3,5-6,8-13H2,1-2,4H3. The van der Waals surface area contributed by atoms with Gasteiger partial charge in [-0.1, -0.05) is 33.3 Å². The third kappa shape index (κ3) is 7.02. The fraction of sp³-hybridized carbons (Fsp3) is 0.857. The van der Waals surface area contributed by atoms with Crippen molar-refractivity contribution in [3.05, 3.63) is 12.7 Å². The Hall–Kier alpha value is -0.340. The Labute approximate surface area is 102 Å². The van der Waals surface area contributed by atoms with Crippen LogP contribution in [0.5, 0.6) is 0 Å². The summed E-state index contributed by atoms with van der Waals surface area (Å²) in [5.41, 5.74) is 0. The molecule has 0 aliphatic rings. The Balaban J connectivity index is 4.13. The van der Waals surface area contributed by atoms with E-state index in [-0.39, 0.29) is 0 Å². The molecule has 0 aromatic heterocycles. The first kappa shape index (κ1) is 15.7. The fourth-order valence-electron chi connectivity index (χ4n) is 2.07. The predicted molar refractivity (Wildman–Crippen MR) is 73.9 cm³/mol. The minimum absolute atomic E-state index is 0.675. The molecule has 0 radical (unpaired) electrons. The van der Waals surface area contributed by atoms with Crippen LogP contribution in [-0.2, 0) is 0 Å². The van der Waals surface area contributed by atoms with Gasteiger partial charge in [-0.15, -0.1) is 6.58 Å². The Morgan fingerprint density at radius 2 is 1.94 bits per heavy atom. The average molecular weight is 226 g/mol. The van der Waals surface area contributed by atoms with E-state index in [4.69, 9.17) is 0 Å². The zero-order chi connectivity index (χ0) is 12.2. The van der Waals surface area contributed by atoms with Crippen molar-refractivity contribution in [3.63, 3.8) is 0 Å². The highest BCUT2D eigenvalue weighted by molar-refractivity contribution is 4.80. The van der Waals surface area contributed by atoms with Crippen LogP contribution in [0, 0.1) is 0 Å². The molecule has 2 heteroatoms. The fourth-order valence-corrected chi connectivity index (χ4v) is 2.07. The Kier molecular flexibility index (Phi) is 10.9. The van der Waals surface area contributed by atoms with Crippen LogP contribution in [0.15, 0.2) is 12.7 Å². The van der Waals surface area contributed by atoms with E-state index in [0.717, 1.165) is 19.6 Å². The SMILES string of the molecule is C=CCN(CCC)C(CCC)CNCCC. The smallest absolute Gasteiger partial charge is 0.0223 e. The molecule has 1 unspecified atom stereocenters. The van der Waals surface area contributed by atoms with Gasteiger partial charge in [-0.05, 0) is 32.4 Å². The molecule has 0 fully saturated rings. The Morgan fingerprint density at radius 1 is 1.19 bits per heavy atom. The van der Waals surface area contributed by atoms with E-state index in [1.54, 1.807) is 0 Å². The molecule has 0 spiro atoms. The molecule has 0 bridgehead atoms. The zero-order valence-electron chi connectivity index (χ0n) is 11.5. The summed E-state index contributed by atoms with van der Waals surface area (Å²) in [5.74, 6) is 0. The second kappa shape index (κ2) is 11.2. The van der Waals surface area contributed by atoms with Gasteiger partial charge >= 0.3 is 0 Å². The van der Waals surface area contributed by atoms with Crippen molar-refractivity contribution in [2.45, 2.75) is 52.5 Å². The summed E-state index contributed by atoms with van der Waals surface area (Å²) < 4.78 is 0. The molecule has 2 nitrogen and oxygen atoms in total. The van der Waals surface area contributed by atoms with Crippen LogP contribution in [0.25, 0.3) is 0 Å². The van der Waals surface area contributed by atoms with Gasteiger partial charge < -0.3 is 5.32 Å². The maximum absolute atomic E-state index is 3.86. The molecule has 0 saturated heterocycles. The largest absolute Gasteiger partial charge is 0.315 e. The molecular weight excluding hydrogens is 196 g/mol. The van der Waals surface area contributed by atoms with Gasteiger partial charge in [0.2, 0.25) is 0 Å². The zero-order valence-corrected chi connectivity index (χ0v) is 11.5. The lowest BCUT2D eigenvalue weighted by Gasteiger charge is -2.30. The molecule has 0 amide bonds. The number of hydrogen-bond donors (Lipinski definition) is 1. The molecule has 1 atom stereocenters. The molecule has 0 aromatic carbocycles. The van der Waals surface area contributed by atoms with Crippen molar-refractivity contribution in [1.29, 1.82) is 0 Å². The topological polar surface area (TPSA) is 15.3 Å². The highest BCUT2D eigenvalue weighted by atomic mass is 15.2. The first-order chi connectivity index (χ1) is 7.79. The summed E-state index contributed by atoms with van der Waals surface area (Å²) in [6.07, 6.45) is 7.01. The highest BCUT2D eigenvalue weighted by Gasteiger charge is 2.14. The average Bonchev–Trinajstić information content (AvgIpc) is 2.28. The van der Waals surface area contributed by atoms with Gasteiger partial charge in [0.15, 0.2) is 0 Å². The number of nitrogens with one attached hydrogen (secondary N) is 1. The third-order valence-electron chi connectivity index (χ3n) is 2.82. The normalized spacial score (nSPS) is 13.0. The van der Waals surface area contributed by atoms with Crippen LogP contribution < -0.4 is 5.32 Å². The van der Waals surface area contributed by atoms with Crippen LogP contribution in [-0.4, -0.2) is 37.1 Å². The van der Waals surface area contributed by atoms with E-state index in [1.165, 1.54) is 32.2 Å². The van der Waals surface area contributed by atoms with E-state index in [1.807, 2.05) is 6.08 Å².